The van der Waals surface area contributed by atoms with E-state index >= 15 is 0 Å². The van der Waals surface area contributed by atoms with Crippen LogP contribution in [0.1, 0.15) is 5.56 Å². The van der Waals surface area contributed by atoms with Crippen LogP contribution in [0.25, 0.3) is 22.5 Å². The van der Waals surface area contributed by atoms with Crippen LogP contribution in [0.3, 0.4) is 0 Å². The molecule has 0 aliphatic rings. The summed E-state index contributed by atoms with van der Waals surface area (Å²) >= 11 is 0. The number of anilines is 1. The van der Waals surface area contributed by atoms with Crippen molar-refractivity contribution < 1.29 is 0 Å². The first kappa shape index (κ1) is 16.5. The van der Waals surface area contributed by atoms with Crippen LogP contribution in [-0.2, 0) is 0 Å². The third-order valence-electron chi connectivity index (χ3n) is 3.87. The molecule has 6 heteroatoms. The Balaban J connectivity index is 1.68. The standard InChI is InChI=1S/C21H16N6/c1-3-7-17(8-4-1)19-20(18-9-5-2-6-10-18)25-27-21(24-19)26-23-15-16-11-13-22-14-12-16/h1-15H,(H,24,26,27)/b23-15+. The maximum atomic E-state index is 4.64. The molecule has 0 aliphatic carbocycles. The van der Waals surface area contributed by atoms with Crippen molar-refractivity contribution in [2.75, 3.05) is 5.43 Å². The van der Waals surface area contributed by atoms with Crippen LogP contribution >= 0.6 is 0 Å². The highest BCUT2D eigenvalue weighted by molar-refractivity contribution is 5.80. The fourth-order valence-electron chi connectivity index (χ4n) is 2.58. The zero-order chi connectivity index (χ0) is 18.3. The highest BCUT2D eigenvalue weighted by Gasteiger charge is 2.13. The summed E-state index contributed by atoms with van der Waals surface area (Å²) in [5.41, 5.74) is 7.17. The molecule has 0 unspecified atom stereocenters. The number of nitrogens with one attached hydrogen (secondary N) is 1. The molecule has 0 spiro atoms. The molecule has 4 aromatic rings. The predicted molar refractivity (Wildman–Crippen MR) is 106 cm³/mol. The van der Waals surface area contributed by atoms with Gasteiger partial charge in [-0.05, 0) is 17.7 Å². The third kappa shape index (κ3) is 4.01. The topological polar surface area (TPSA) is 76.0 Å². The second kappa shape index (κ2) is 7.97. The number of hydrogen-bond acceptors (Lipinski definition) is 6. The van der Waals surface area contributed by atoms with E-state index < -0.39 is 0 Å². The van der Waals surface area contributed by atoms with Crippen molar-refractivity contribution in [3.8, 4) is 22.5 Å². The molecule has 0 radical (unpaired) electrons. The Hall–Kier alpha value is -3.93. The number of benzene rings is 2. The SMILES string of the molecule is C(=N\Nc1nnc(-c2ccccc2)c(-c2ccccc2)n1)/c1ccncc1. The maximum absolute atomic E-state index is 4.64. The zero-order valence-corrected chi connectivity index (χ0v) is 14.4. The summed E-state index contributed by atoms with van der Waals surface area (Å²) in [6.45, 7) is 0. The van der Waals surface area contributed by atoms with Crippen LogP contribution in [-0.4, -0.2) is 26.4 Å². The lowest BCUT2D eigenvalue weighted by atomic mass is 10.0. The Bertz CT molecular complexity index is 1030. The van der Waals surface area contributed by atoms with Crippen LogP contribution in [0, 0.1) is 0 Å². The second-order valence-corrected chi connectivity index (χ2v) is 5.72. The summed E-state index contributed by atoms with van der Waals surface area (Å²) in [5, 5.41) is 12.7. The predicted octanol–water partition coefficient (Wildman–Crippen LogP) is 4.05. The van der Waals surface area contributed by atoms with E-state index in [9.17, 15) is 0 Å². The number of pyridine rings is 1. The van der Waals surface area contributed by atoms with Crippen molar-refractivity contribution >= 4 is 12.2 Å². The van der Waals surface area contributed by atoms with Crippen LogP contribution in [0.2, 0.25) is 0 Å². The van der Waals surface area contributed by atoms with E-state index in [0.29, 0.717) is 5.95 Å². The average Bonchev–Trinajstić information content (AvgIpc) is 2.76. The van der Waals surface area contributed by atoms with Crippen molar-refractivity contribution in [1.82, 2.24) is 20.2 Å². The molecule has 0 aliphatic heterocycles. The second-order valence-electron chi connectivity index (χ2n) is 5.72. The highest BCUT2D eigenvalue weighted by atomic mass is 15.4. The van der Waals surface area contributed by atoms with E-state index in [-0.39, 0.29) is 0 Å². The number of hydrazone groups is 1. The van der Waals surface area contributed by atoms with Gasteiger partial charge < -0.3 is 0 Å². The van der Waals surface area contributed by atoms with Crippen molar-refractivity contribution in [2.45, 2.75) is 0 Å². The Kier molecular flexibility index (Phi) is 4.88. The van der Waals surface area contributed by atoms with Gasteiger partial charge in [-0.1, -0.05) is 60.7 Å². The monoisotopic (exact) mass is 352 g/mol. The molecule has 0 amide bonds. The van der Waals surface area contributed by atoms with Gasteiger partial charge >= 0.3 is 0 Å². The lowest BCUT2D eigenvalue weighted by Crippen LogP contribution is -2.03. The molecule has 0 saturated heterocycles. The lowest BCUT2D eigenvalue weighted by Gasteiger charge is -2.09. The van der Waals surface area contributed by atoms with Gasteiger partial charge in [0, 0.05) is 23.5 Å². The smallest absolute Gasteiger partial charge is 0.263 e. The summed E-state index contributed by atoms with van der Waals surface area (Å²) in [5.74, 6) is 0.332. The van der Waals surface area contributed by atoms with Gasteiger partial charge in [-0.15, -0.1) is 10.2 Å². The number of rotatable bonds is 5. The van der Waals surface area contributed by atoms with Gasteiger partial charge in [-0.3, -0.25) is 4.98 Å². The zero-order valence-electron chi connectivity index (χ0n) is 14.4. The normalized spacial score (nSPS) is 10.8. The highest BCUT2D eigenvalue weighted by Crippen LogP contribution is 2.28. The number of nitrogens with zero attached hydrogens (tertiary/aromatic N) is 5. The summed E-state index contributed by atoms with van der Waals surface area (Å²) < 4.78 is 0. The van der Waals surface area contributed by atoms with Gasteiger partial charge in [-0.25, -0.2) is 10.4 Å². The molecule has 1 N–H and O–H groups in total. The molecule has 2 aromatic heterocycles. The largest absolute Gasteiger partial charge is 0.265 e. The molecule has 0 atom stereocenters. The van der Waals surface area contributed by atoms with Crippen molar-refractivity contribution in [2.24, 2.45) is 5.10 Å². The van der Waals surface area contributed by atoms with Gasteiger partial charge in [0.2, 0.25) is 0 Å². The minimum Gasteiger partial charge on any atom is -0.265 e. The summed E-state index contributed by atoms with van der Waals surface area (Å²) in [4.78, 5) is 8.62. The molecule has 0 fully saturated rings. The Morgan fingerprint density at radius 1 is 0.704 bits per heavy atom. The summed E-state index contributed by atoms with van der Waals surface area (Å²) in [6.07, 6.45) is 5.10. The van der Waals surface area contributed by atoms with Gasteiger partial charge in [0.1, 0.15) is 11.4 Å². The van der Waals surface area contributed by atoms with Crippen molar-refractivity contribution in [1.29, 1.82) is 0 Å². The molecule has 130 valence electrons. The molecule has 2 heterocycles. The number of aromatic nitrogens is 4. The lowest BCUT2D eigenvalue weighted by molar-refractivity contribution is 0.973. The van der Waals surface area contributed by atoms with E-state index in [2.05, 4.69) is 30.7 Å². The minimum atomic E-state index is 0.332. The van der Waals surface area contributed by atoms with E-state index in [1.54, 1.807) is 18.6 Å². The Morgan fingerprint density at radius 2 is 1.33 bits per heavy atom. The van der Waals surface area contributed by atoms with Crippen LogP contribution < -0.4 is 5.43 Å². The van der Waals surface area contributed by atoms with Crippen LogP contribution in [0.15, 0.2) is 90.3 Å². The van der Waals surface area contributed by atoms with Crippen LogP contribution in [0.5, 0.6) is 0 Å². The van der Waals surface area contributed by atoms with E-state index in [1.165, 1.54) is 0 Å². The third-order valence-corrected chi connectivity index (χ3v) is 3.87. The first-order chi connectivity index (χ1) is 13.4. The minimum absolute atomic E-state index is 0.332. The molecule has 27 heavy (non-hydrogen) atoms. The van der Waals surface area contributed by atoms with Crippen LogP contribution in [0.4, 0.5) is 5.95 Å². The van der Waals surface area contributed by atoms with Crippen molar-refractivity contribution in [3.05, 3.63) is 90.8 Å². The quantitative estimate of drug-likeness (QED) is 0.433. The molecule has 2 aromatic carbocycles. The average molecular weight is 352 g/mol. The van der Waals surface area contributed by atoms with E-state index in [4.69, 9.17) is 0 Å². The van der Waals surface area contributed by atoms with Gasteiger partial charge in [0.15, 0.2) is 0 Å². The summed E-state index contributed by atoms with van der Waals surface area (Å²) in [7, 11) is 0. The Labute approximate surface area is 156 Å². The molecule has 0 saturated carbocycles. The van der Waals surface area contributed by atoms with Gasteiger partial charge in [0.05, 0.1) is 6.21 Å². The number of hydrogen-bond donors (Lipinski definition) is 1. The molecule has 0 bridgehead atoms. The molecule has 6 nitrogen and oxygen atoms in total. The maximum Gasteiger partial charge on any atom is 0.263 e. The molecular weight excluding hydrogens is 336 g/mol. The fraction of sp³-hybridized carbons (Fsp3) is 0. The summed E-state index contributed by atoms with van der Waals surface area (Å²) in [6, 6.07) is 23.5. The Morgan fingerprint density at radius 3 is 2.00 bits per heavy atom. The first-order valence-electron chi connectivity index (χ1n) is 8.45. The van der Waals surface area contributed by atoms with Gasteiger partial charge in [-0.2, -0.15) is 5.10 Å². The van der Waals surface area contributed by atoms with E-state index in [1.807, 2.05) is 72.8 Å². The van der Waals surface area contributed by atoms with Crippen molar-refractivity contribution in [3.63, 3.8) is 0 Å². The van der Waals surface area contributed by atoms with Gasteiger partial charge in [0.25, 0.3) is 5.95 Å². The van der Waals surface area contributed by atoms with E-state index in [0.717, 1.165) is 28.1 Å². The first-order valence-corrected chi connectivity index (χ1v) is 8.45. The fourth-order valence-corrected chi connectivity index (χ4v) is 2.58. The molecule has 4 rings (SSSR count). The molecular formula is C21H16N6.